The van der Waals surface area contributed by atoms with Gasteiger partial charge in [0.1, 0.15) is 5.75 Å². The number of rotatable bonds is 8. The van der Waals surface area contributed by atoms with Crippen LogP contribution in [0.3, 0.4) is 0 Å². The van der Waals surface area contributed by atoms with Crippen LogP contribution in [0.1, 0.15) is 43.0 Å². The SMILES string of the molecule is C=NCc1cc(-c2nc(-c3cccc4c3CC3CCN(CC(=O)OC)C43)no2)ccc1OC(C)C. The van der Waals surface area contributed by atoms with E-state index in [1.165, 1.54) is 18.2 Å². The van der Waals surface area contributed by atoms with E-state index in [9.17, 15) is 4.79 Å². The van der Waals surface area contributed by atoms with E-state index < -0.39 is 0 Å². The fourth-order valence-corrected chi connectivity index (χ4v) is 5.36. The van der Waals surface area contributed by atoms with Gasteiger partial charge >= 0.3 is 5.97 Å². The zero-order valence-electron chi connectivity index (χ0n) is 20.4. The molecule has 1 aliphatic heterocycles. The Labute approximate surface area is 205 Å². The molecule has 2 aromatic carbocycles. The Morgan fingerprint density at radius 1 is 1.31 bits per heavy atom. The third-order valence-corrected chi connectivity index (χ3v) is 6.80. The molecular weight excluding hydrogens is 444 g/mol. The molecule has 1 saturated heterocycles. The van der Waals surface area contributed by atoms with E-state index in [2.05, 4.69) is 27.8 Å². The van der Waals surface area contributed by atoms with Gasteiger partial charge in [-0.25, -0.2) is 0 Å². The van der Waals surface area contributed by atoms with Gasteiger partial charge in [0.05, 0.1) is 26.3 Å². The van der Waals surface area contributed by atoms with Gasteiger partial charge in [-0.2, -0.15) is 4.98 Å². The van der Waals surface area contributed by atoms with E-state index in [0.717, 1.165) is 41.8 Å². The minimum absolute atomic E-state index is 0.0580. The van der Waals surface area contributed by atoms with E-state index in [4.69, 9.17) is 19.0 Å². The number of likely N-dealkylation sites (tertiary alicyclic amines) is 1. The number of methoxy groups -OCH3 is 1. The monoisotopic (exact) mass is 474 g/mol. The van der Waals surface area contributed by atoms with Crippen molar-refractivity contribution in [3.63, 3.8) is 0 Å². The quantitative estimate of drug-likeness (QED) is 0.351. The van der Waals surface area contributed by atoms with Crippen molar-refractivity contribution < 1.29 is 18.8 Å². The van der Waals surface area contributed by atoms with Crippen molar-refractivity contribution in [1.82, 2.24) is 15.0 Å². The van der Waals surface area contributed by atoms with Gasteiger partial charge in [0.2, 0.25) is 5.82 Å². The van der Waals surface area contributed by atoms with Crippen molar-refractivity contribution in [2.24, 2.45) is 10.9 Å². The lowest BCUT2D eigenvalue weighted by Gasteiger charge is -2.23. The largest absolute Gasteiger partial charge is 0.491 e. The molecule has 1 fully saturated rings. The second kappa shape index (κ2) is 9.62. The average Bonchev–Trinajstić information content (AvgIpc) is 3.56. The van der Waals surface area contributed by atoms with Crippen LogP contribution in [0.2, 0.25) is 0 Å². The zero-order valence-corrected chi connectivity index (χ0v) is 20.4. The molecule has 0 bridgehead atoms. The molecule has 0 N–H and O–H groups in total. The van der Waals surface area contributed by atoms with Crippen LogP contribution in [0.5, 0.6) is 5.75 Å². The number of hydrogen-bond acceptors (Lipinski definition) is 8. The predicted octanol–water partition coefficient (Wildman–Crippen LogP) is 4.48. The number of aromatic nitrogens is 2. The molecule has 8 nitrogen and oxygen atoms in total. The summed E-state index contributed by atoms with van der Waals surface area (Å²) in [5.74, 6) is 2.07. The average molecular weight is 475 g/mol. The number of benzene rings is 2. The molecule has 5 rings (SSSR count). The summed E-state index contributed by atoms with van der Waals surface area (Å²) in [4.78, 5) is 22.9. The minimum atomic E-state index is -0.200. The van der Waals surface area contributed by atoms with Crippen molar-refractivity contribution >= 4 is 12.7 Å². The Hall–Kier alpha value is -3.52. The summed E-state index contributed by atoms with van der Waals surface area (Å²) in [6.45, 7) is 9.25. The van der Waals surface area contributed by atoms with Gasteiger partial charge in [0, 0.05) is 22.7 Å². The first-order valence-electron chi connectivity index (χ1n) is 12.0. The maximum Gasteiger partial charge on any atom is 0.319 e. The van der Waals surface area contributed by atoms with Crippen LogP contribution in [0.4, 0.5) is 0 Å². The van der Waals surface area contributed by atoms with Crippen molar-refractivity contribution in [2.45, 2.75) is 45.4 Å². The molecule has 1 aromatic heterocycles. The van der Waals surface area contributed by atoms with Crippen LogP contribution in [-0.4, -0.2) is 54.0 Å². The lowest BCUT2D eigenvalue weighted by Crippen LogP contribution is -2.30. The zero-order chi connectivity index (χ0) is 24.5. The topological polar surface area (TPSA) is 90.1 Å². The Morgan fingerprint density at radius 3 is 2.94 bits per heavy atom. The molecule has 2 aliphatic rings. The Kier molecular flexibility index (Phi) is 6.38. The first kappa shape index (κ1) is 23.2. The Bertz CT molecular complexity index is 1250. The molecule has 8 heteroatoms. The third-order valence-electron chi connectivity index (χ3n) is 6.80. The molecule has 2 unspecified atom stereocenters. The number of fused-ring (bicyclic) bond motifs is 3. The van der Waals surface area contributed by atoms with Crippen molar-refractivity contribution in [3.05, 3.63) is 53.1 Å². The fourth-order valence-electron chi connectivity index (χ4n) is 5.36. The van der Waals surface area contributed by atoms with E-state index in [1.54, 1.807) is 0 Å². The molecule has 1 aliphatic carbocycles. The van der Waals surface area contributed by atoms with Crippen molar-refractivity contribution in [3.8, 4) is 28.6 Å². The van der Waals surface area contributed by atoms with Crippen LogP contribution in [-0.2, 0) is 22.5 Å². The smallest absolute Gasteiger partial charge is 0.319 e. The first-order chi connectivity index (χ1) is 17.0. The Morgan fingerprint density at radius 2 is 2.17 bits per heavy atom. The van der Waals surface area contributed by atoms with E-state index in [0.29, 0.717) is 30.7 Å². The normalized spacial score (nSPS) is 19.0. The molecular formula is C27H30N4O4. The van der Waals surface area contributed by atoms with Crippen LogP contribution < -0.4 is 4.74 Å². The van der Waals surface area contributed by atoms with Crippen LogP contribution in [0.25, 0.3) is 22.8 Å². The van der Waals surface area contributed by atoms with Crippen molar-refractivity contribution in [2.75, 3.05) is 20.2 Å². The summed E-state index contributed by atoms with van der Waals surface area (Å²) >= 11 is 0. The number of carbonyl (C=O) groups is 1. The van der Waals surface area contributed by atoms with Crippen LogP contribution in [0, 0.1) is 5.92 Å². The number of esters is 1. The molecule has 0 saturated carbocycles. The first-order valence-corrected chi connectivity index (χ1v) is 12.0. The number of carbonyl (C=O) groups excluding carboxylic acids is 1. The van der Waals surface area contributed by atoms with Gasteiger partial charge in [-0.15, -0.1) is 0 Å². The summed E-state index contributed by atoms with van der Waals surface area (Å²) in [6.07, 6.45) is 2.05. The van der Waals surface area contributed by atoms with Crippen LogP contribution in [0.15, 0.2) is 45.9 Å². The number of nitrogens with zero attached hydrogens (tertiary/aromatic N) is 4. The highest BCUT2D eigenvalue weighted by Crippen LogP contribution is 2.48. The number of aliphatic imine (C=N–C) groups is 1. The van der Waals surface area contributed by atoms with E-state index in [1.807, 2.05) is 44.2 Å². The van der Waals surface area contributed by atoms with E-state index >= 15 is 0 Å². The van der Waals surface area contributed by atoms with Gasteiger partial charge in [-0.3, -0.25) is 14.7 Å². The van der Waals surface area contributed by atoms with Gasteiger partial charge < -0.3 is 14.0 Å². The van der Waals surface area contributed by atoms with E-state index in [-0.39, 0.29) is 18.1 Å². The molecule has 182 valence electrons. The third kappa shape index (κ3) is 4.46. The molecule has 0 radical (unpaired) electrons. The van der Waals surface area contributed by atoms with Gasteiger partial charge in [0.15, 0.2) is 0 Å². The maximum absolute atomic E-state index is 11.9. The summed E-state index contributed by atoms with van der Waals surface area (Å²) in [7, 11) is 1.44. The van der Waals surface area contributed by atoms with Crippen LogP contribution >= 0.6 is 0 Å². The highest BCUT2D eigenvalue weighted by Gasteiger charge is 2.43. The predicted molar refractivity (Wildman–Crippen MR) is 132 cm³/mol. The Balaban J connectivity index is 1.44. The maximum atomic E-state index is 11.9. The number of hydrogen-bond donors (Lipinski definition) is 0. The summed E-state index contributed by atoms with van der Waals surface area (Å²) < 4.78 is 16.5. The molecule has 0 amide bonds. The van der Waals surface area contributed by atoms with Gasteiger partial charge in [-0.05, 0) is 75.2 Å². The highest BCUT2D eigenvalue weighted by molar-refractivity contribution is 5.72. The standard InChI is InChI=1S/C27H30N4O4/c1-16(2)34-23-9-8-18(12-19(23)14-28-3)27-29-26(30-35-27)21-7-5-6-20-22(21)13-17-10-11-31(25(17)20)15-24(32)33-4/h5-9,12,16-17,25H,3,10-11,13-15H2,1-2,4H3. The van der Waals surface area contributed by atoms with Gasteiger partial charge in [0.25, 0.3) is 5.89 Å². The summed E-state index contributed by atoms with van der Waals surface area (Å²) in [5.41, 5.74) is 5.20. The molecule has 3 aromatic rings. The second-order valence-corrected chi connectivity index (χ2v) is 9.41. The summed E-state index contributed by atoms with van der Waals surface area (Å²) in [5, 5.41) is 4.32. The molecule has 2 heterocycles. The molecule has 35 heavy (non-hydrogen) atoms. The summed E-state index contributed by atoms with van der Waals surface area (Å²) in [6, 6.07) is 12.3. The minimum Gasteiger partial charge on any atom is -0.491 e. The van der Waals surface area contributed by atoms with Gasteiger partial charge in [-0.1, -0.05) is 23.4 Å². The molecule has 0 spiro atoms. The number of ether oxygens (including phenoxy) is 2. The highest BCUT2D eigenvalue weighted by atomic mass is 16.5. The fraction of sp³-hybridized carbons (Fsp3) is 0.407. The lowest BCUT2D eigenvalue weighted by molar-refractivity contribution is -0.142. The van der Waals surface area contributed by atoms with Crippen molar-refractivity contribution in [1.29, 1.82) is 0 Å². The molecule has 2 atom stereocenters. The lowest BCUT2D eigenvalue weighted by atomic mass is 10.0. The second-order valence-electron chi connectivity index (χ2n) is 9.41.